The van der Waals surface area contributed by atoms with E-state index >= 15 is 0 Å². The van der Waals surface area contributed by atoms with Crippen molar-refractivity contribution in [3.63, 3.8) is 0 Å². The largest absolute Gasteiger partial charge is 0.274 e. The maximum absolute atomic E-state index is 11.9. The third-order valence-electron chi connectivity index (χ3n) is 3.66. The molecule has 1 aromatic carbocycles. The maximum atomic E-state index is 11.9. The van der Waals surface area contributed by atoms with E-state index < -0.39 is 0 Å². The molecule has 2 heteroatoms. The lowest BCUT2D eigenvalue weighted by Gasteiger charge is -2.21. The summed E-state index contributed by atoms with van der Waals surface area (Å²) in [6, 6.07) is 7.91. The molecule has 1 saturated carbocycles. The van der Waals surface area contributed by atoms with Gasteiger partial charge in [-0.25, -0.2) is 4.99 Å². The highest BCUT2D eigenvalue weighted by Crippen LogP contribution is 2.30. The van der Waals surface area contributed by atoms with Crippen LogP contribution in [0.5, 0.6) is 0 Å². The van der Waals surface area contributed by atoms with Gasteiger partial charge in [-0.1, -0.05) is 37.5 Å². The molecular weight excluding hydrogens is 198 g/mol. The fraction of sp³-hybridized carbons (Fsp3) is 0.429. The summed E-state index contributed by atoms with van der Waals surface area (Å²) < 4.78 is 0. The second-order valence-electron chi connectivity index (χ2n) is 4.68. The minimum absolute atomic E-state index is 0.00750. The molecule has 0 spiro atoms. The zero-order valence-electron chi connectivity index (χ0n) is 9.28. The van der Waals surface area contributed by atoms with E-state index in [9.17, 15) is 4.79 Å². The Morgan fingerprint density at radius 3 is 2.62 bits per heavy atom. The fourth-order valence-electron chi connectivity index (χ4n) is 2.87. The molecule has 0 unspecified atom stereocenters. The molecule has 0 atom stereocenters. The van der Waals surface area contributed by atoms with Crippen LogP contribution in [0, 0.1) is 5.92 Å². The zero-order chi connectivity index (χ0) is 11.0. The van der Waals surface area contributed by atoms with Crippen LogP contribution in [-0.2, 0) is 4.79 Å². The lowest BCUT2D eigenvalue weighted by molar-refractivity contribution is -0.113. The number of hydrogen-bond donors (Lipinski definition) is 0. The molecule has 16 heavy (non-hydrogen) atoms. The Kier molecular flexibility index (Phi) is 2.35. The highest BCUT2D eigenvalue weighted by Gasteiger charge is 2.26. The van der Waals surface area contributed by atoms with Crippen molar-refractivity contribution in [3.8, 4) is 0 Å². The van der Waals surface area contributed by atoms with Gasteiger partial charge in [-0.3, -0.25) is 4.79 Å². The number of fused-ring (bicyclic) bond motifs is 1. The third kappa shape index (κ3) is 1.49. The molecule has 0 bridgehead atoms. The van der Waals surface area contributed by atoms with Gasteiger partial charge in [0.25, 0.3) is 5.91 Å². The van der Waals surface area contributed by atoms with Crippen LogP contribution >= 0.6 is 0 Å². The van der Waals surface area contributed by atoms with E-state index in [0.29, 0.717) is 5.92 Å². The van der Waals surface area contributed by atoms with Crippen molar-refractivity contribution in [2.75, 3.05) is 0 Å². The maximum Gasteiger partial charge on any atom is 0.274 e. The van der Waals surface area contributed by atoms with E-state index in [1.54, 1.807) is 0 Å². The summed E-state index contributed by atoms with van der Waals surface area (Å²) >= 11 is 0. The van der Waals surface area contributed by atoms with Gasteiger partial charge in [0.15, 0.2) is 0 Å². The van der Waals surface area contributed by atoms with Crippen LogP contribution < -0.4 is 10.6 Å². The van der Waals surface area contributed by atoms with E-state index in [0.717, 1.165) is 29.0 Å². The first kappa shape index (κ1) is 9.76. The van der Waals surface area contributed by atoms with E-state index in [1.807, 2.05) is 24.3 Å². The molecule has 0 saturated heterocycles. The summed E-state index contributed by atoms with van der Waals surface area (Å²) in [5.74, 6) is 0.460. The average molecular weight is 213 g/mol. The topological polar surface area (TPSA) is 29.4 Å². The van der Waals surface area contributed by atoms with Crippen molar-refractivity contribution in [2.24, 2.45) is 10.9 Å². The van der Waals surface area contributed by atoms with Gasteiger partial charge >= 0.3 is 0 Å². The van der Waals surface area contributed by atoms with E-state index in [4.69, 9.17) is 0 Å². The van der Waals surface area contributed by atoms with E-state index in [2.05, 4.69) is 4.99 Å². The number of amides is 1. The van der Waals surface area contributed by atoms with Gasteiger partial charge in [0, 0.05) is 10.8 Å². The monoisotopic (exact) mass is 213 g/mol. The zero-order valence-corrected chi connectivity index (χ0v) is 9.28. The summed E-state index contributed by atoms with van der Waals surface area (Å²) in [6.07, 6.45) is 6.14. The average Bonchev–Trinajstić information content (AvgIpc) is 2.66. The van der Waals surface area contributed by atoms with Crippen LogP contribution in [0.2, 0.25) is 0 Å². The number of carbonyl (C=O) groups is 1. The number of nitrogens with zero attached hydrogens (tertiary/aromatic N) is 1. The Bertz CT molecular complexity index is 538. The van der Waals surface area contributed by atoms with Gasteiger partial charge in [0.1, 0.15) is 0 Å². The molecule has 3 rings (SSSR count). The molecule has 0 N–H and O–H groups in total. The van der Waals surface area contributed by atoms with Crippen LogP contribution in [-0.4, -0.2) is 5.91 Å². The Morgan fingerprint density at radius 2 is 1.81 bits per heavy atom. The Balaban J connectivity index is 2.13. The fourth-order valence-corrected chi connectivity index (χ4v) is 2.87. The molecule has 1 aromatic rings. The highest BCUT2D eigenvalue weighted by atomic mass is 16.1. The summed E-state index contributed by atoms with van der Waals surface area (Å²) in [5.41, 5.74) is 0.982. The Labute approximate surface area is 94.7 Å². The molecule has 1 aliphatic heterocycles. The SMILES string of the molecule is O=C1N=c2ccccc2=C1C1CCCCC1. The van der Waals surface area contributed by atoms with Gasteiger partial charge < -0.3 is 0 Å². The molecule has 1 amide bonds. The van der Waals surface area contributed by atoms with Gasteiger partial charge in [-0.15, -0.1) is 0 Å². The predicted octanol–water partition coefficient (Wildman–Crippen LogP) is 1.58. The molecule has 1 fully saturated rings. The van der Waals surface area contributed by atoms with Crippen molar-refractivity contribution >= 4 is 11.5 Å². The minimum Gasteiger partial charge on any atom is -0.267 e. The van der Waals surface area contributed by atoms with Crippen LogP contribution in [0.1, 0.15) is 32.1 Å². The Hall–Kier alpha value is -1.44. The molecular formula is C14H15NO. The minimum atomic E-state index is 0.00750. The van der Waals surface area contributed by atoms with Gasteiger partial charge in [-0.2, -0.15) is 0 Å². The molecule has 82 valence electrons. The molecule has 1 aliphatic carbocycles. The van der Waals surface area contributed by atoms with Crippen LogP contribution in [0.25, 0.3) is 5.57 Å². The molecule has 1 heterocycles. The van der Waals surface area contributed by atoms with Crippen molar-refractivity contribution in [1.82, 2.24) is 0 Å². The van der Waals surface area contributed by atoms with Crippen molar-refractivity contribution in [2.45, 2.75) is 32.1 Å². The Morgan fingerprint density at radius 1 is 1.06 bits per heavy atom. The van der Waals surface area contributed by atoms with Crippen molar-refractivity contribution < 1.29 is 4.79 Å². The molecule has 2 aliphatic rings. The lowest BCUT2D eigenvalue weighted by atomic mass is 9.83. The van der Waals surface area contributed by atoms with E-state index in [-0.39, 0.29) is 5.91 Å². The number of carbonyl (C=O) groups excluding carboxylic acids is 1. The van der Waals surface area contributed by atoms with Crippen LogP contribution in [0.3, 0.4) is 0 Å². The first-order chi connectivity index (χ1) is 7.86. The third-order valence-corrected chi connectivity index (χ3v) is 3.66. The predicted molar refractivity (Wildman–Crippen MR) is 62.2 cm³/mol. The second-order valence-corrected chi connectivity index (χ2v) is 4.68. The van der Waals surface area contributed by atoms with Gasteiger partial charge in [-0.05, 0) is 24.8 Å². The highest BCUT2D eigenvalue weighted by molar-refractivity contribution is 6.15. The molecule has 0 aromatic heterocycles. The molecule has 0 radical (unpaired) electrons. The smallest absolute Gasteiger partial charge is 0.267 e. The van der Waals surface area contributed by atoms with E-state index in [1.165, 1.54) is 19.3 Å². The standard InChI is InChI=1S/C14H15NO/c16-14-13(10-6-2-1-3-7-10)11-8-4-5-9-12(11)15-14/h4-5,8-10H,1-3,6-7H2. The number of para-hydroxylation sites is 1. The summed E-state index contributed by atoms with van der Waals surface area (Å²) in [5, 5.41) is 1.95. The summed E-state index contributed by atoms with van der Waals surface area (Å²) in [7, 11) is 0. The quantitative estimate of drug-likeness (QED) is 0.696. The van der Waals surface area contributed by atoms with Crippen LogP contribution in [0.15, 0.2) is 29.3 Å². The lowest BCUT2D eigenvalue weighted by Crippen LogP contribution is -2.25. The number of benzene rings is 1. The normalized spacial score (nSPS) is 20.8. The van der Waals surface area contributed by atoms with Gasteiger partial charge in [0.2, 0.25) is 0 Å². The van der Waals surface area contributed by atoms with Gasteiger partial charge in [0.05, 0.1) is 5.36 Å². The number of hydrogen-bond acceptors (Lipinski definition) is 1. The first-order valence-corrected chi connectivity index (χ1v) is 6.08. The second kappa shape index (κ2) is 3.85. The molecule has 2 nitrogen and oxygen atoms in total. The van der Waals surface area contributed by atoms with Crippen molar-refractivity contribution in [1.29, 1.82) is 0 Å². The summed E-state index contributed by atoms with van der Waals surface area (Å²) in [6.45, 7) is 0. The summed E-state index contributed by atoms with van der Waals surface area (Å²) in [4.78, 5) is 16.1. The van der Waals surface area contributed by atoms with Crippen LogP contribution in [0.4, 0.5) is 0 Å². The van der Waals surface area contributed by atoms with Crippen molar-refractivity contribution in [3.05, 3.63) is 34.8 Å². The first-order valence-electron chi connectivity index (χ1n) is 6.08. The number of rotatable bonds is 1.